The average Bonchev–Trinajstić information content (AvgIpc) is 2.28. The van der Waals surface area contributed by atoms with Crippen LogP contribution < -0.4 is 5.32 Å². The zero-order valence-electron chi connectivity index (χ0n) is 11.5. The zero-order chi connectivity index (χ0) is 12.0. The van der Waals surface area contributed by atoms with Gasteiger partial charge in [-0.2, -0.15) is 0 Å². The molecular formula is C14H29NO. The van der Waals surface area contributed by atoms with Crippen LogP contribution in [0, 0.1) is 11.8 Å². The normalized spacial score (nSPS) is 30.0. The Hall–Kier alpha value is -0.0800. The molecule has 2 atom stereocenters. The highest BCUT2D eigenvalue weighted by molar-refractivity contribution is 4.84. The van der Waals surface area contributed by atoms with Crippen molar-refractivity contribution in [2.75, 3.05) is 13.2 Å². The predicted octanol–water partition coefficient (Wildman–Crippen LogP) is 3.22. The average molecular weight is 227 g/mol. The van der Waals surface area contributed by atoms with Gasteiger partial charge in [0.25, 0.3) is 0 Å². The molecule has 0 saturated heterocycles. The van der Waals surface area contributed by atoms with Gasteiger partial charge in [-0.25, -0.2) is 0 Å². The summed E-state index contributed by atoms with van der Waals surface area (Å²) < 4.78 is 5.77. The molecule has 0 aliphatic heterocycles. The smallest absolute Gasteiger partial charge is 0.0702 e. The van der Waals surface area contributed by atoms with Crippen molar-refractivity contribution in [2.45, 2.75) is 65.5 Å². The molecule has 2 nitrogen and oxygen atoms in total. The fourth-order valence-electron chi connectivity index (χ4n) is 2.96. The van der Waals surface area contributed by atoms with E-state index >= 15 is 0 Å². The lowest BCUT2D eigenvalue weighted by Gasteiger charge is -2.36. The minimum atomic E-state index is 0.350. The van der Waals surface area contributed by atoms with Crippen LogP contribution in [0.2, 0.25) is 0 Å². The molecule has 1 rings (SSSR count). The lowest BCUT2D eigenvalue weighted by Crippen LogP contribution is -2.46. The van der Waals surface area contributed by atoms with Gasteiger partial charge in [-0.15, -0.1) is 0 Å². The van der Waals surface area contributed by atoms with E-state index in [1.807, 2.05) is 0 Å². The van der Waals surface area contributed by atoms with Gasteiger partial charge in [-0.1, -0.05) is 26.7 Å². The molecular weight excluding hydrogens is 198 g/mol. The van der Waals surface area contributed by atoms with E-state index in [1.54, 1.807) is 0 Å². The molecule has 0 aromatic heterocycles. The van der Waals surface area contributed by atoms with Gasteiger partial charge < -0.3 is 10.1 Å². The molecule has 0 heterocycles. The van der Waals surface area contributed by atoms with Crippen LogP contribution in [0.3, 0.4) is 0 Å². The lowest BCUT2D eigenvalue weighted by molar-refractivity contribution is 0.0217. The van der Waals surface area contributed by atoms with E-state index in [2.05, 4.69) is 33.0 Å². The molecule has 1 N–H and O–H groups in total. The van der Waals surface area contributed by atoms with Crippen LogP contribution in [0.25, 0.3) is 0 Å². The molecule has 2 unspecified atom stereocenters. The van der Waals surface area contributed by atoms with Gasteiger partial charge in [0.1, 0.15) is 0 Å². The Labute approximate surface area is 101 Å². The molecule has 0 aromatic carbocycles. The van der Waals surface area contributed by atoms with Crippen molar-refractivity contribution in [3.05, 3.63) is 0 Å². The van der Waals surface area contributed by atoms with Crippen LogP contribution in [0.4, 0.5) is 0 Å². The fourth-order valence-corrected chi connectivity index (χ4v) is 2.96. The molecule has 1 fully saturated rings. The summed E-state index contributed by atoms with van der Waals surface area (Å²) in [7, 11) is 0. The maximum atomic E-state index is 5.77. The monoisotopic (exact) mass is 227 g/mol. The highest BCUT2D eigenvalue weighted by atomic mass is 16.5. The lowest BCUT2D eigenvalue weighted by atomic mass is 9.78. The maximum Gasteiger partial charge on any atom is 0.0702 e. The van der Waals surface area contributed by atoms with Crippen molar-refractivity contribution in [1.29, 1.82) is 0 Å². The molecule has 0 bridgehead atoms. The molecule has 2 heteroatoms. The van der Waals surface area contributed by atoms with Crippen LogP contribution >= 0.6 is 0 Å². The first-order chi connectivity index (χ1) is 7.69. The number of ether oxygens (including phenoxy) is 1. The van der Waals surface area contributed by atoms with Gasteiger partial charge in [-0.3, -0.25) is 0 Å². The summed E-state index contributed by atoms with van der Waals surface area (Å²) in [6, 6.07) is 0.553. The number of nitrogens with one attached hydrogen (secondary N) is 1. The molecule has 0 radical (unpaired) electrons. The number of hydrogen-bond donors (Lipinski definition) is 1. The minimum Gasteiger partial charge on any atom is -0.377 e. The largest absolute Gasteiger partial charge is 0.377 e. The first kappa shape index (κ1) is 14.0. The third-order valence-electron chi connectivity index (χ3n) is 3.94. The van der Waals surface area contributed by atoms with E-state index in [9.17, 15) is 0 Å². The second-order valence-electron chi connectivity index (χ2n) is 5.26. The summed E-state index contributed by atoms with van der Waals surface area (Å²) in [5, 5.41) is 3.63. The van der Waals surface area contributed by atoms with Crippen molar-refractivity contribution in [3.8, 4) is 0 Å². The number of likely N-dealkylation sites (N-methyl/N-ethyl adjacent to an activating group) is 1. The van der Waals surface area contributed by atoms with Gasteiger partial charge in [0.2, 0.25) is 0 Å². The van der Waals surface area contributed by atoms with E-state index < -0.39 is 0 Å². The van der Waals surface area contributed by atoms with Gasteiger partial charge in [0, 0.05) is 12.6 Å². The fraction of sp³-hybridized carbons (Fsp3) is 1.00. The first-order valence-electron chi connectivity index (χ1n) is 7.04. The summed E-state index contributed by atoms with van der Waals surface area (Å²) in [6.45, 7) is 10.7. The molecule has 0 aromatic rings. The van der Waals surface area contributed by atoms with Crippen LogP contribution in [0.15, 0.2) is 0 Å². The summed E-state index contributed by atoms with van der Waals surface area (Å²) in [5.74, 6) is 1.75. The number of rotatable bonds is 6. The van der Waals surface area contributed by atoms with Gasteiger partial charge in [0.05, 0.1) is 6.10 Å². The molecule has 1 aliphatic rings. The van der Waals surface area contributed by atoms with E-state index in [4.69, 9.17) is 4.74 Å². The predicted molar refractivity (Wildman–Crippen MR) is 69.7 cm³/mol. The molecule has 1 aliphatic carbocycles. The standard InChI is InChI=1S/C14H29NO/c1-5-15-14(12(4)16-6-2)13-9-7-11(3)8-10-13/h11-15H,5-10H2,1-4H3. The molecule has 0 amide bonds. The van der Waals surface area contributed by atoms with Crippen molar-refractivity contribution in [3.63, 3.8) is 0 Å². The third kappa shape index (κ3) is 4.06. The second-order valence-corrected chi connectivity index (χ2v) is 5.26. The highest BCUT2D eigenvalue weighted by Crippen LogP contribution is 2.31. The zero-order valence-corrected chi connectivity index (χ0v) is 11.5. The van der Waals surface area contributed by atoms with Gasteiger partial charge in [-0.05, 0) is 45.1 Å². The summed E-state index contributed by atoms with van der Waals surface area (Å²) >= 11 is 0. The highest BCUT2D eigenvalue weighted by Gasteiger charge is 2.29. The maximum absolute atomic E-state index is 5.77. The molecule has 16 heavy (non-hydrogen) atoms. The van der Waals surface area contributed by atoms with E-state index in [0.717, 1.165) is 25.0 Å². The Morgan fingerprint density at radius 1 is 1.19 bits per heavy atom. The van der Waals surface area contributed by atoms with E-state index in [0.29, 0.717) is 12.1 Å². The Morgan fingerprint density at radius 2 is 1.81 bits per heavy atom. The molecule has 96 valence electrons. The Kier molecular flexibility index (Phi) is 6.37. The minimum absolute atomic E-state index is 0.350. The van der Waals surface area contributed by atoms with Crippen LogP contribution in [-0.4, -0.2) is 25.3 Å². The van der Waals surface area contributed by atoms with Crippen LogP contribution in [0.5, 0.6) is 0 Å². The van der Waals surface area contributed by atoms with Crippen LogP contribution in [0.1, 0.15) is 53.4 Å². The summed E-state index contributed by atoms with van der Waals surface area (Å²) in [5.41, 5.74) is 0. The van der Waals surface area contributed by atoms with E-state index in [1.165, 1.54) is 25.7 Å². The Bertz CT molecular complexity index is 176. The van der Waals surface area contributed by atoms with Gasteiger partial charge >= 0.3 is 0 Å². The summed E-state index contributed by atoms with van der Waals surface area (Å²) in [4.78, 5) is 0. The third-order valence-corrected chi connectivity index (χ3v) is 3.94. The quantitative estimate of drug-likeness (QED) is 0.752. The Balaban J connectivity index is 2.48. The second kappa shape index (κ2) is 7.29. The van der Waals surface area contributed by atoms with Gasteiger partial charge in [0.15, 0.2) is 0 Å². The number of hydrogen-bond acceptors (Lipinski definition) is 2. The SMILES string of the molecule is CCNC(C1CCC(C)CC1)C(C)OCC. The first-order valence-corrected chi connectivity index (χ1v) is 7.04. The summed E-state index contributed by atoms with van der Waals surface area (Å²) in [6.07, 6.45) is 5.88. The van der Waals surface area contributed by atoms with E-state index in [-0.39, 0.29) is 0 Å². The van der Waals surface area contributed by atoms with Crippen molar-refractivity contribution < 1.29 is 4.74 Å². The molecule has 0 spiro atoms. The molecule has 1 saturated carbocycles. The van der Waals surface area contributed by atoms with Crippen LogP contribution in [-0.2, 0) is 4.74 Å². The Morgan fingerprint density at radius 3 is 2.31 bits per heavy atom. The topological polar surface area (TPSA) is 21.3 Å². The van der Waals surface area contributed by atoms with Crippen molar-refractivity contribution in [1.82, 2.24) is 5.32 Å². The van der Waals surface area contributed by atoms with Crippen molar-refractivity contribution >= 4 is 0 Å². The van der Waals surface area contributed by atoms with Crippen molar-refractivity contribution in [2.24, 2.45) is 11.8 Å².